The molecule has 0 saturated carbocycles. The number of guanidine groups is 1. The molecule has 0 fully saturated rings. The summed E-state index contributed by atoms with van der Waals surface area (Å²) < 4.78 is 41.6. The molecule has 0 saturated heterocycles. The minimum Gasteiger partial charge on any atom is -0.386 e. The van der Waals surface area contributed by atoms with Gasteiger partial charge in [0, 0.05) is 17.2 Å². The molecule has 1 unspecified atom stereocenters. The molecule has 13 heteroatoms. The van der Waals surface area contributed by atoms with Crippen LogP contribution in [0.5, 0.6) is 0 Å². The van der Waals surface area contributed by atoms with Gasteiger partial charge in [0.2, 0.25) is 5.91 Å². The average Bonchev–Trinajstić information content (AvgIpc) is 3.09. The zero-order valence-electron chi connectivity index (χ0n) is 24.0. The molecule has 0 spiro atoms. The van der Waals surface area contributed by atoms with Gasteiger partial charge in [-0.2, -0.15) is 13.2 Å². The van der Waals surface area contributed by atoms with Gasteiger partial charge in [-0.05, 0) is 48.4 Å². The van der Waals surface area contributed by atoms with E-state index in [0.29, 0.717) is 16.8 Å². The Bertz CT molecular complexity index is 1710. The van der Waals surface area contributed by atoms with Crippen LogP contribution in [0, 0.1) is 11.8 Å². The van der Waals surface area contributed by atoms with Crippen molar-refractivity contribution in [2.45, 2.75) is 38.7 Å². The molecule has 1 aliphatic rings. The first kappa shape index (κ1) is 32.3. The van der Waals surface area contributed by atoms with E-state index in [9.17, 15) is 32.3 Å². The van der Waals surface area contributed by atoms with Crippen LogP contribution in [-0.2, 0) is 32.2 Å². The summed E-state index contributed by atoms with van der Waals surface area (Å²) in [6, 6.07) is 19.9. The first-order chi connectivity index (χ1) is 21.3. The molecule has 1 heterocycles. The Morgan fingerprint density at radius 3 is 2.29 bits per heavy atom. The second-order valence-corrected chi connectivity index (χ2v) is 10.1. The molecule has 0 bridgehead atoms. The lowest BCUT2D eigenvalue weighted by Gasteiger charge is -2.27. The number of carbonyl (C=O) groups excluding carboxylic acids is 4. The number of anilines is 1. The molecule has 1 aliphatic heterocycles. The zero-order chi connectivity index (χ0) is 32.7. The van der Waals surface area contributed by atoms with E-state index in [1.165, 1.54) is 17.9 Å². The predicted molar refractivity (Wildman–Crippen MR) is 158 cm³/mol. The summed E-state index contributed by atoms with van der Waals surface area (Å²) in [5.74, 6) is 0.686. The molecule has 10 nitrogen and oxygen atoms in total. The van der Waals surface area contributed by atoms with Crippen LogP contribution in [0.4, 0.5) is 18.9 Å². The van der Waals surface area contributed by atoms with Crippen LogP contribution in [0.25, 0.3) is 0 Å². The standard InChI is InChI=1S/C32H28F3N5O5/c1-20(14-28(42)45-30(44)32(33,34)35)39-19-27(41)40(18-23-6-3-2-4-7-23)26-13-12-22(16-25(26)29(39)43)11-10-21-8-5-9-24(15-21)17-38-31(36)37/h2-9,12-13,15-16,20H,14,17-19H2,1H3,(H4,36,37,38). The molecule has 4 rings (SSSR count). The minimum atomic E-state index is -5.37. The van der Waals surface area contributed by atoms with Gasteiger partial charge in [0.25, 0.3) is 5.91 Å². The normalized spacial score (nSPS) is 13.6. The van der Waals surface area contributed by atoms with Crippen molar-refractivity contribution in [2.75, 3.05) is 11.4 Å². The van der Waals surface area contributed by atoms with E-state index in [2.05, 4.69) is 21.6 Å². The lowest BCUT2D eigenvalue weighted by molar-refractivity contribution is -0.202. The number of aliphatic imine (C=N–C) groups is 1. The van der Waals surface area contributed by atoms with Crippen molar-refractivity contribution in [2.24, 2.45) is 16.5 Å². The first-order valence-electron chi connectivity index (χ1n) is 13.6. The van der Waals surface area contributed by atoms with Crippen LogP contribution in [0.15, 0.2) is 77.8 Å². The van der Waals surface area contributed by atoms with Crippen LogP contribution < -0.4 is 16.4 Å². The highest BCUT2D eigenvalue weighted by molar-refractivity contribution is 6.10. The van der Waals surface area contributed by atoms with Gasteiger partial charge in [-0.25, -0.2) is 9.79 Å². The Morgan fingerprint density at radius 1 is 0.956 bits per heavy atom. The maximum atomic E-state index is 13.8. The molecule has 1 atom stereocenters. The summed E-state index contributed by atoms with van der Waals surface area (Å²) in [6.45, 7) is 1.28. The number of benzene rings is 3. The quantitative estimate of drug-likeness (QED) is 0.136. The third-order valence-electron chi connectivity index (χ3n) is 6.72. The number of esters is 2. The summed E-state index contributed by atoms with van der Waals surface area (Å²) in [6.07, 6.45) is -6.13. The topological polar surface area (TPSA) is 148 Å². The van der Waals surface area contributed by atoms with E-state index in [1.54, 1.807) is 42.5 Å². The Kier molecular flexibility index (Phi) is 9.88. The Hall–Kier alpha value is -5.64. The van der Waals surface area contributed by atoms with Gasteiger partial charge >= 0.3 is 18.1 Å². The average molecular weight is 620 g/mol. The number of hydrogen-bond donors (Lipinski definition) is 2. The van der Waals surface area contributed by atoms with Crippen molar-refractivity contribution in [1.82, 2.24) is 4.90 Å². The maximum Gasteiger partial charge on any atom is 0.491 e. The van der Waals surface area contributed by atoms with E-state index >= 15 is 0 Å². The fourth-order valence-electron chi connectivity index (χ4n) is 4.54. The molecule has 232 valence electrons. The highest BCUT2D eigenvalue weighted by atomic mass is 19.4. The smallest absolute Gasteiger partial charge is 0.386 e. The zero-order valence-corrected chi connectivity index (χ0v) is 24.0. The second-order valence-electron chi connectivity index (χ2n) is 10.1. The number of halogens is 3. The largest absolute Gasteiger partial charge is 0.491 e. The van der Waals surface area contributed by atoms with Crippen LogP contribution in [0.1, 0.15) is 46.0 Å². The Balaban J connectivity index is 1.67. The summed E-state index contributed by atoms with van der Waals surface area (Å²) in [7, 11) is 0. The van der Waals surface area contributed by atoms with E-state index in [1.807, 2.05) is 24.3 Å². The second kappa shape index (κ2) is 13.8. The molecule has 0 aliphatic carbocycles. The van der Waals surface area contributed by atoms with E-state index in [-0.39, 0.29) is 24.6 Å². The van der Waals surface area contributed by atoms with Crippen molar-refractivity contribution in [1.29, 1.82) is 0 Å². The van der Waals surface area contributed by atoms with Crippen LogP contribution >= 0.6 is 0 Å². The molecule has 2 amide bonds. The number of alkyl halides is 3. The molecule has 45 heavy (non-hydrogen) atoms. The van der Waals surface area contributed by atoms with Crippen LogP contribution in [0.3, 0.4) is 0 Å². The number of ether oxygens (including phenoxy) is 1. The number of carbonyl (C=O) groups is 4. The lowest BCUT2D eigenvalue weighted by Crippen LogP contribution is -2.44. The number of nitrogens with two attached hydrogens (primary N) is 2. The molecular formula is C32H28F3N5O5. The number of hydrogen-bond acceptors (Lipinski definition) is 6. The van der Waals surface area contributed by atoms with Gasteiger partial charge in [0.15, 0.2) is 5.96 Å². The predicted octanol–water partition coefficient (Wildman–Crippen LogP) is 3.26. The summed E-state index contributed by atoms with van der Waals surface area (Å²) in [5.41, 5.74) is 13.9. The third-order valence-corrected chi connectivity index (χ3v) is 6.72. The van der Waals surface area contributed by atoms with Gasteiger partial charge in [0.05, 0.1) is 30.8 Å². The molecule has 0 radical (unpaired) electrons. The summed E-state index contributed by atoms with van der Waals surface area (Å²) >= 11 is 0. The monoisotopic (exact) mass is 619 g/mol. The van der Waals surface area contributed by atoms with Gasteiger partial charge in [-0.3, -0.25) is 14.4 Å². The third kappa shape index (κ3) is 8.47. The lowest BCUT2D eigenvalue weighted by atomic mass is 10.0. The van der Waals surface area contributed by atoms with Crippen molar-refractivity contribution in [3.63, 3.8) is 0 Å². The Labute approximate surface area is 256 Å². The van der Waals surface area contributed by atoms with Crippen molar-refractivity contribution < 1.29 is 37.1 Å². The van der Waals surface area contributed by atoms with E-state index < -0.39 is 48.9 Å². The number of rotatable bonds is 7. The van der Waals surface area contributed by atoms with Gasteiger partial charge in [-0.1, -0.05) is 54.3 Å². The highest BCUT2D eigenvalue weighted by Crippen LogP contribution is 2.30. The minimum absolute atomic E-state index is 0.0454. The fourth-order valence-corrected chi connectivity index (χ4v) is 4.54. The molecule has 3 aromatic carbocycles. The fraction of sp³-hybridized carbons (Fsp3) is 0.219. The van der Waals surface area contributed by atoms with E-state index in [0.717, 1.165) is 16.0 Å². The molecule has 4 N–H and O–H groups in total. The SMILES string of the molecule is CC(CC(=O)OC(=O)C(F)(F)F)N1CC(=O)N(Cc2ccccc2)c2ccc(C#Cc3cccc(CN=C(N)N)c3)cc2C1=O. The van der Waals surface area contributed by atoms with Crippen molar-refractivity contribution in [3.05, 3.63) is 101 Å². The van der Waals surface area contributed by atoms with E-state index in [4.69, 9.17) is 11.5 Å². The molecule has 3 aromatic rings. The first-order valence-corrected chi connectivity index (χ1v) is 13.6. The van der Waals surface area contributed by atoms with Crippen molar-refractivity contribution in [3.8, 4) is 11.8 Å². The highest BCUT2D eigenvalue weighted by Gasteiger charge is 2.43. The van der Waals surface area contributed by atoms with Crippen LogP contribution in [-0.4, -0.2) is 53.4 Å². The maximum absolute atomic E-state index is 13.8. The number of nitrogens with zero attached hydrogens (tertiary/aromatic N) is 3. The van der Waals surface area contributed by atoms with Crippen molar-refractivity contribution >= 4 is 35.4 Å². The number of fused-ring (bicyclic) bond motifs is 1. The summed E-state index contributed by atoms with van der Waals surface area (Å²) in [4.78, 5) is 57.1. The van der Waals surface area contributed by atoms with Gasteiger partial charge in [-0.15, -0.1) is 0 Å². The molecular weight excluding hydrogens is 591 g/mol. The Morgan fingerprint density at radius 2 is 1.62 bits per heavy atom. The van der Waals surface area contributed by atoms with Gasteiger partial charge in [0.1, 0.15) is 6.54 Å². The number of amides is 2. The molecule has 0 aromatic heterocycles. The van der Waals surface area contributed by atoms with Crippen LogP contribution in [0.2, 0.25) is 0 Å². The van der Waals surface area contributed by atoms with Gasteiger partial charge < -0.3 is 26.0 Å². The summed E-state index contributed by atoms with van der Waals surface area (Å²) in [5, 5.41) is 0.